The molecule has 0 aliphatic heterocycles. The van der Waals surface area contributed by atoms with Crippen LogP contribution in [0.15, 0.2) is 17.5 Å². The van der Waals surface area contributed by atoms with Gasteiger partial charge in [-0.2, -0.15) is 0 Å². The number of rotatable bonds is 7. The van der Waals surface area contributed by atoms with Crippen molar-refractivity contribution < 1.29 is 0 Å². The first-order chi connectivity index (χ1) is 9.05. The fourth-order valence-corrected chi connectivity index (χ4v) is 3.91. The van der Waals surface area contributed by atoms with Crippen LogP contribution < -0.4 is 5.73 Å². The zero-order valence-electron chi connectivity index (χ0n) is 12.6. The summed E-state index contributed by atoms with van der Waals surface area (Å²) in [4.78, 5) is 3.99. The number of hydrogen-bond acceptors (Lipinski definition) is 3. The topological polar surface area (TPSA) is 29.3 Å². The highest BCUT2D eigenvalue weighted by Gasteiger charge is 2.35. The van der Waals surface area contributed by atoms with E-state index in [4.69, 9.17) is 5.73 Å². The van der Waals surface area contributed by atoms with Crippen LogP contribution in [0, 0.1) is 5.92 Å². The van der Waals surface area contributed by atoms with Crippen molar-refractivity contribution in [3.8, 4) is 0 Å². The summed E-state index contributed by atoms with van der Waals surface area (Å²) < 4.78 is 0. The molecule has 108 valence electrons. The fraction of sp³-hybridized carbons (Fsp3) is 0.750. The molecule has 1 saturated carbocycles. The molecule has 2 atom stereocenters. The maximum atomic E-state index is 6.11. The maximum Gasteiger partial charge on any atom is 0.0306 e. The first-order valence-corrected chi connectivity index (χ1v) is 8.38. The minimum atomic E-state index is 0.155. The Hall–Kier alpha value is -0.380. The van der Waals surface area contributed by atoms with E-state index in [9.17, 15) is 0 Å². The normalized spacial score (nSPS) is 21.1. The van der Waals surface area contributed by atoms with Gasteiger partial charge in [-0.15, -0.1) is 11.3 Å². The van der Waals surface area contributed by atoms with Gasteiger partial charge < -0.3 is 5.73 Å². The Balaban J connectivity index is 1.95. The van der Waals surface area contributed by atoms with Crippen LogP contribution in [0.3, 0.4) is 0 Å². The van der Waals surface area contributed by atoms with Gasteiger partial charge in [0, 0.05) is 23.0 Å². The van der Waals surface area contributed by atoms with Crippen LogP contribution in [0.4, 0.5) is 0 Å². The molecule has 1 fully saturated rings. The Morgan fingerprint density at radius 3 is 2.74 bits per heavy atom. The zero-order chi connectivity index (χ0) is 13.9. The van der Waals surface area contributed by atoms with E-state index in [2.05, 4.69) is 43.3 Å². The van der Waals surface area contributed by atoms with Crippen LogP contribution in [0.25, 0.3) is 0 Å². The van der Waals surface area contributed by atoms with Gasteiger partial charge in [0.25, 0.3) is 0 Å². The standard InChI is InChI=1S/C16H28N2S/c1-13(10-15-8-5-9-19-15)18(3)16(2,12-17)11-14-6-4-7-14/h5,8-9,13-14H,4,6-7,10-12,17H2,1-3H3. The average molecular weight is 280 g/mol. The lowest BCUT2D eigenvalue weighted by molar-refractivity contribution is 0.0610. The average Bonchev–Trinajstić information content (AvgIpc) is 2.85. The van der Waals surface area contributed by atoms with E-state index in [-0.39, 0.29) is 5.54 Å². The number of nitrogens with two attached hydrogens (primary N) is 1. The van der Waals surface area contributed by atoms with Crippen molar-refractivity contribution in [3.05, 3.63) is 22.4 Å². The number of hydrogen-bond donors (Lipinski definition) is 1. The third kappa shape index (κ3) is 3.59. The molecule has 0 saturated heterocycles. The Bertz CT molecular complexity index is 372. The third-order valence-electron chi connectivity index (χ3n) is 4.98. The van der Waals surface area contributed by atoms with Crippen LogP contribution in [-0.2, 0) is 6.42 Å². The van der Waals surface area contributed by atoms with Crippen molar-refractivity contribution in [2.45, 2.75) is 57.5 Å². The molecule has 19 heavy (non-hydrogen) atoms. The van der Waals surface area contributed by atoms with E-state index in [0.717, 1.165) is 18.9 Å². The highest BCUT2D eigenvalue weighted by atomic mass is 32.1. The number of thiophene rings is 1. The van der Waals surface area contributed by atoms with Gasteiger partial charge in [-0.25, -0.2) is 0 Å². The number of nitrogens with zero attached hydrogens (tertiary/aromatic N) is 1. The molecule has 0 bridgehead atoms. The van der Waals surface area contributed by atoms with Crippen molar-refractivity contribution in [2.24, 2.45) is 11.7 Å². The Labute approximate surface area is 122 Å². The van der Waals surface area contributed by atoms with Crippen LogP contribution in [0.5, 0.6) is 0 Å². The SMILES string of the molecule is CC(Cc1cccs1)N(C)C(C)(CN)CC1CCC1. The lowest BCUT2D eigenvalue weighted by atomic mass is 9.75. The summed E-state index contributed by atoms with van der Waals surface area (Å²) >= 11 is 1.86. The molecule has 2 rings (SSSR count). The molecule has 2 nitrogen and oxygen atoms in total. The highest BCUT2D eigenvalue weighted by Crippen LogP contribution is 2.36. The van der Waals surface area contributed by atoms with Gasteiger partial charge in [-0.05, 0) is 51.1 Å². The van der Waals surface area contributed by atoms with Gasteiger partial charge >= 0.3 is 0 Å². The molecule has 0 radical (unpaired) electrons. The molecule has 0 aromatic carbocycles. The van der Waals surface area contributed by atoms with E-state index in [0.29, 0.717) is 6.04 Å². The van der Waals surface area contributed by atoms with Gasteiger partial charge in [-0.1, -0.05) is 25.3 Å². The molecule has 0 spiro atoms. The lowest BCUT2D eigenvalue weighted by Gasteiger charge is -2.45. The predicted octanol–water partition coefficient (Wildman–Crippen LogP) is 3.52. The van der Waals surface area contributed by atoms with Gasteiger partial charge in [-0.3, -0.25) is 4.90 Å². The Morgan fingerprint density at radius 2 is 2.26 bits per heavy atom. The Morgan fingerprint density at radius 1 is 1.53 bits per heavy atom. The minimum Gasteiger partial charge on any atom is -0.329 e. The van der Waals surface area contributed by atoms with E-state index >= 15 is 0 Å². The predicted molar refractivity (Wildman–Crippen MR) is 84.7 cm³/mol. The second-order valence-electron chi connectivity index (χ2n) is 6.45. The van der Waals surface area contributed by atoms with Gasteiger partial charge in [0.1, 0.15) is 0 Å². The van der Waals surface area contributed by atoms with E-state index < -0.39 is 0 Å². The first kappa shape index (κ1) is 15.0. The van der Waals surface area contributed by atoms with E-state index in [1.807, 2.05) is 11.3 Å². The van der Waals surface area contributed by atoms with Crippen molar-refractivity contribution >= 4 is 11.3 Å². The molecular formula is C16H28N2S. The summed E-state index contributed by atoms with van der Waals surface area (Å²) in [6, 6.07) is 4.93. The second kappa shape index (κ2) is 6.38. The van der Waals surface area contributed by atoms with Crippen molar-refractivity contribution in [2.75, 3.05) is 13.6 Å². The summed E-state index contributed by atoms with van der Waals surface area (Å²) in [5, 5.41) is 2.17. The lowest BCUT2D eigenvalue weighted by Crippen LogP contribution is -2.55. The largest absolute Gasteiger partial charge is 0.329 e. The zero-order valence-corrected chi connectivity index (χ0v) is 13.4. The Kier molecular flexibility index (Phi) is 5.04. The summed E-state index contributed by atoms with van der Waals surface area (Å²) in [5.74, 6) is 0.907. The number of likely N-dealkylation sites (N-methyl/N-ethyl adjacent to an activating group) is 1. The second-order valence-corrected chi connectivity index (χ2v) is 7.48. The van der Waals surface area contributed by atoms with E-state index in [1.54, 1.807) is 0 Å². The van der Waals surface area contributed by atoms with Crippen LogP contribution in [0.2, 0.25) is 0 Å². The van der Waals surface area contributed by atoms with Crippen LogP contribution in [-0.4, -0.2) is 30.1 Å². The fourth-order valence-electron chi connectivity index (χ4n) is 3.08. The molecule has 0 amide bonds. The maximum absolute atomic E-state index is 6.11. The molecule has 1 aliphatic carbocycles. The molecule has 1 aliphatic rings. The smallest absolute Gasteiger partial charge is 0.0306 e. The third-order valence-corrected chi connectivity index (χ3v) is 5.88. The molecule has 3 heteroatoms. The summed E-state index contributed by atoms with van der Waals surface area (Å²) in [6.07, 6.45) is 6.62. The van der Waals surface area contributed by atoms with Gasteiger partial charge in [0.05, 0.1) is 0 Å². The van der Waals surface area contributed by atoms with Crippen molar-refractivity contribution in [1.82, 2.24) is 4.90 Å². The van der Waals surface area contributed by atoms with Crippen LogP contribution in [0.1, 0.15) is 44.4 Å². The molecule has 1 aromatic rings. The van der Waals surface area contributed by atoms with Gasteiger partial charge in [0.15, 0.2) is 0 Å². The monoisotopic (exact) mass is 280 g/mol. The van der Waals surface area contributed by atoms with Crippen molar-refractivity contribution in [3.63, 3.8) is 0 Å². The minimum absolute atomic E-state index is 0.155. The van der Waals surface area contributed by atoms with Crippen LogP contribution >= 0.6 is 11.3 Å². The molecule has 1 aromatic heterocycles. The van der Waals surface area contributed by atoms with Crippen molar-refractivity contribution in [1.29, 1.82) is 0 Å². The molecular weight excluding hydrogens is 252 g/mol. The molecule has 2 N–H and O–H groups in total. The first-order valence-electron chi connectivity index (χ1n) is 7.50. The van der Waals surface area contributed by atoms with Gasteiger partial charge in [0.2, 0.25) is 0 Å². The van der Waals surface area contributed by atoms with E-state index in [1.165, 1.54) is 30.6 Å². The quantitative estimate of drug-likeness (QED) is 0.828. The highest BCUT2D eigenvalue weighted by molar-refractivity contribution is 7.09. The molecule has 1 heterocycles. The molecule has 2 unspecified atom stereocenters. The summed E-state index contributed by atoms with van der Waals surface area (Å²) in [5.41, 5.74) is 6.26. The summed E-state index contributed by atoms with van der Waals surface area (Å²) in [6.45, 7) is 5.43. The summed E-state index contributed by atoms with van der Waals surface area (Å²) in [7, 11) is 2.25.